The highest BCUT2D eigenvalue weighted by molar-refractivity contribution is 7.98. The number of piperidine rings is 1. The van der Waals surface area contributed by atoms with Crippen LogP contribution in [-0.4, -0.2) is 91.0 Å². The summed E-state index contributed by atoms with van der Waals surface area (Å²) in [6.07, 6.45) is 2.50. The number of ether oxygens (including phenoxy) is 1. The Morgan fingerprint density at radius 3 is 2.06 bits per heavy atom. The van der Waals surface area contributed by atoms with Crippen LogP contribution in [0.1, 0.15) is 49.4 Å². The molecule has 0 bridgehead atoms. The molecule has 0 spiro atoms. The Morgan fingerprint density at radius 2 is 1.46 bits per heavy atom. The number of hydrogen-bond acceptors (Lipinski definition) is 6. The second kappa shape index (κ2) is 14.7. The van der Waals surface area contributed by atoms with E-state index in [0.717, 1.165) is 17.5 Å². The van der Waals surface area contributed by atoms with Gasteiger partial charge in [0.1, 0.15) is 11.5 Å². The summed E-state index contributed by atoms with van der Waals surface area (Å²) >= 11 is 0. The van der Waals surface area contributed by atoms with E-state index in [-0.39, 0.29) is 22.4 Å². The first-order chi connectivity index (χ1) is 23.3. The van der Waals surface area contributed by atoms with Crippen molar-refractivity contribution in [3.8, 4) is 11.1 Å². The van der Waals surface area contributed by atoms with Crippen LogP contribution in [0, 0.1) is 23.7 Å². The first-order valence-electron chi connectivity index (χ1n) is 16.3. The fraction of sp³-hybridized carbons (Fsp3) is 0.606. The maximum absolute atomic E-state index is 15.1. The second-order valence-electron chi connectivity index (χ2n) is 13.4. The van der Waals surface area contributed by atoms with E-state index in [1.54, 1.807) is 12.1 Å². The molecule has 1 saturated carbocycles. The molecule has 50 heavy (non-hydrogen) atoms. The van der Waals surface area contributed by atoms with Crippen LogP contribution < -0.4 is 0 Å². The smallest absolute Gasteiger partial charge is 0.372 e. The number of nitrogens with zero attached hydrogens (tertiary/aromatic N) is 1. The predicted molar refractivity (Wildman–Crippen MR) is 178 cm³/mol. The summed E-state index contributed by atoms with van der Waals surface area (Å²) in [6, 6.07) is 16.7. The minimum Gasteiger partial charge on any atom is -0.372 e. The molecule has 0 radical (unpaired) electrons. The highest BCUT2D eigenvalue weighted by atomic mass is 32.2. The zero-order valence-electron chi connectivity index (χ0n) is 27.2. The molecule has 2 aromatic carbocycles. The average Bonchev–Trinajstić information content (AvgIpc) is 3.08. The largest absolute Gasteiger partial charge is 0.439 e. The van der Waals surface area contributed by atoms with Crippen LogP contribution in [0.5, 0.6) is 0 Å². The molecule has 1 aliphatic carbocycles. The molecule has 5 unspecified atom stereocenters. The molecule has 0 aromatic heterocycles. The Morgan fingerprint density at radius 1 is 0.880 bits per heavy atom. The van der Waals surface area contributed by atoms with Gasteiger partial charge in [-0.25, -0.2) is 8.42 Å². The summed E-state index contributed by atoms with van der Waals surface area (Å²) in [4.78, 5) is 14.2. The van der Waals surface area contributed by atoms with E-state index in [9.17, 15) is 39.2 Å². The monoisotopic (exact) mass is 772 g/mol. The molecule has 2 heterocycles. The SMILES string of the molecule is CC(CC1CN(S(=O)(=O)C(F)(F)C(F)(F)C(F)(F)S(=O)(=O)O)CC2CCCCC21)C(C(=O)c1ccc(-c2ccccc2)cc1)[S+]1CCOCC1. The minimum absolute atomic E-state index is 0.0702. The van der Waals surface area contributed by atoms with Gasteiger partial charge in [-0.1, -0.05) is 74.4 Å². The predicted octanol–water partition coefficient (Wildman–Crippen LogP) is 6.36. The standard InChI is InChI=1S/C33H39F6NO7S3/c1-22(30(48-17-15-47-16-18-48)29(41)25-13-11-24(12-14-25)23-7-3-2-4-8-23)19-27-21-40(20-26-9-5-6-10-28(26)27)49(42,43)32(36,37)31(34,35)33(38,39)50(44,45)46/h2-4,7-8,11-14,22,26-28,30H,5-6,9-10,15-21H2,1H3/p+1. The molecule has 3 aliphatic rings. The zero-order chi connectivity index (χ0) is 36.7. The lowest BCUT2D eigenvalue weighted by atomic mass is 9.68. The van der Waals surface area contributed by atoms with Crippen molar-refractivity contribution in [1.82, 2.24) is 4.31 Å². The van der Waals surface area contributed by atoms with Gasteiger partial charge in [0, 0.05) is 35.5 Å². The van der Waals surface area contributed by atoms with Gasteiger partial charge in [-0.2, -0.15) is 39.1 Å². The first kappa shape index (κ1) is 39.0. The normalized spacial score (nSPS) is 24.7. The van der Waals surface area contributed by atoms with Gasteiger partial charge in [-0.05, 0) is 48.1 Å². The molecule has 3 fully saturated rings. The quantitative estimate of drug-likeness (QED) is 0.116. The van der Waals surface area contributed by atoms with Crippen molar-refractivity contribution < 1.29 is 57.3 Å². The minimum atomic E-state index is -7.13. The number of ketones is 1. The Balaban J connectivity index is 1.43. The van der Waals surface area contributed by atoms with E-state index in [2.05, 4.69) is 0 Å². The van der Waals surface area contributed by atoms with E-state index in [1.807, 2.05) is 49.4 Å². The molecule has 2 aliphatic heterocycles. The van der Waals surface area contributed by atoms with Crippen LogP contribution >= 0.6 is 0 Å². The van der Waals surface area contributed by atoms with E-state index >= 15 is 8.78 Å². The number of carbonyl (C=O) groups is 1. The summed E-state index contributed by atoms with van der Waals surface area (Å²) in [5.41, 5.74) is 2.33. The van der Waals surface area contributed by atoms with Crippen molar-refractivity contribution in [1.29, 1.82) is 0 Å². The fourth-order valence-electron chi connectivity index (χ4n) is 7.67. The van der Waals surface area contributed by atoms with E-state index < -0.39 is 83.6 Å². The van der Waals surface area contributed by atoms with Gasteiger partial charge < -0.3 is 4.74 Å². The van der Waals surface area contributed by atoms with E-state index in [0.29, 0.717) is 49.5 Å². The lowest BCUT2D eigenvalue weighted by Gasteiger charge is -2.47. The summed E-state index contributed by atoms with van der Waals surface area (Å²) < 4.78 is 150. The lowest BCUT2D eigenvalue weighted by molar-refractivity contribution is -0.247. The topological polar surface area (TPSA) is 118 Å². The van der Waals surface area contributed by atoms with Crippen LogP contribution in [-0.2, 0) is 35.8 Å². The average molecular weight is 773 g/mol. The zero-order valence-corrected chi connectivity index (χ0v) is 29.6. The molecular weight excluding hydrogens is 733 g/mol. The number of sulfonamides is 1. The number of carbonyl (C=O) groups excluding carboxylic acids is 1. The number of rotatable bonds is 12. The van der Waals surface area contributed by atoms with E-state index in [1.165, 1.54) is 0 Å². The van der Waals surface area contributed by atoms with E-state index in [4.69, 9.17) is 9.29 Å². The summed E-state index contributed by atoms with van der Waals surface area (Å²) in [5.74, 6) is -7.81. The molecule has 0 amide bonds. The van der Waals surface area contributed by atoms with Crippen molar-refractivity contribution in [2.24, 2.45) is 23.7 Å². The summed E-state index contributed by atoms with van der Waals surface area (Å²) in [7, 11) is -14.2. The third kappa shape index (κ3) is 7.23. The molecule has 5 rings (SSSR count). The second-order valence-corrected chi connectivity index (χ2v) is 19.2. The Kier molecular flexibility index (Phi) is 11.5. The fourth-order valence-corrected chi connectivity index (χ4v) is 12.3. The van der Waals surface area contributed by atoms with Gasteiger partial charge in [0.2, 0.25) is 5.78 Å². The van der Waals surface area contributed by atoms with Gasteiger partial charge in [-0.3, -0.25) is 9.35 Å². The number of benzene rings is 2. The van der Waals surface area contributed by atoms with Crippen molar-refractivity contribution in [3.63, 3.8) is 0 Å². The lowest BCUT2D eigenvalue weighted by Crippen LogP contribution is -2.64. The maximum Gasteiger partial charge on any atom is 0.439 e. The maximum atomic E-state index is 15.1. The number of Topliss-reactive ketones (excluding diaryl/α,β-unsaturated/α-hetero) is 1. The first-order valence-corrected chi connectivity index (χ1v) is 20.9. The molecule has 278 valence electrons. The van der Waals surface area contributed by atoms with Gasteiger partial charge >= 0.3 is 26.5 Å². The van der Waals surface area contributed by atoms with Crippen LogP contribution in [0.3, 0.4) is 0 Å². The third-order valence-electron chi connectivity index (χ3n) is 10.2. The van der Waals surface area contributed by atoms with Gasteiger partial charge in [0.05, 0.1) is 13.2 Å². The number of fused-ring (bicyclic) bond motifs is 1. The number of hydrogen-bond donors (Lipinski definition) is 1. The van der Waals surface area contributed by atoms with Crippen LogP contribution in [0.4, 0.5) is 26.3 Å². The molecule has 2 saturated heterocycles. The third-order valence-corrected chi connectivity index (χ3v) is 15.8. The highest BCUT2D eigenvalue weighted by Crippen LogP contribution is 2.53. The molecule has 1 N–H and O–H groups in total. The van der Waals surface area contributed by atoms with Gasteiger partial charge in [-0.15, -0.1) is 0 Å². The molecule has 17 heteroatoms. The Bertz CT molecular complexity index is 1720. The van der Waals surface area contributed by atoms with Crippen LogP contribution in [0.25, 0.3) is 11.1 Å². The van der Waals surface area contributed by atoms with Crippen LogP contribution in [0.2, 0.25) is 0 Å². The summed E-state index contributed by atoms with van der Waals surface area (Å²) in [6.45, 7) is 1.35. The molecular formula is C33H40F6NO7S3+. The van der Waals surface area contributed by atoms with Crippen molar-refractivity contribution >= 4 is 36.8 Å². The summed E-state index contributed by atoms with van der Waals surface area (Å²) in [5, 5.41) is -13.9. The van der Waals surface area contributed by atoms with Crippen molar-refractivity contribution in [2.45, 2.75) is 60.7 Å². The molecule has 8 nitrogen and oxygen atoms in total. The highest BCUT2D eigenvalue weighted by Gasteiger charge is 2.82. The molecule has 5 atom stereocenters. The van der Waals surface area contributed by atoms with Crippen molar-refractivity contribution in [3.05, 3.63) is 60.2 Å². The number of halogens is 6. The van der Waals surface area contributed by atoms with Gasteiger partial charge in [0.15, 0.2) is 5.25 Å². The van der Waals surface area contributed by atoms with Crippen LogP contribution in [0.15, 0.2) is 54.6 Å². The Labute approximate surface area is 291 Å². The molecule has 2 aromatic rings. The number of alkyl halides is 6. The van der Waals surface area contributed by atoms with Gasteiger partial charge in [0.25, 0.3) is 10.0 Å². The van der Waals surface area contributed by atoms with Crippen molar-refractivity contribution in [2.75, 3.05) is 37.8 Å². The Hall–Kier alpha value is -2.18.